The zero-order valence-corrected chi connectivity index (χ0v) is 9.78. The molecule has 0 saturated heterocycles. The van der Waals surface area contributed by atoms with Gasteiger partial charge in [-0.1, -0.05) is 6.07 Å². The molecule has 5 heteroatoms. The number of ether oxygens (including phenoxy) is 1. The molecule has 0 aliphatic carbocycles. The smallest absolute Gasteiger partial charge is 0.247 e. The van der Waals surface area contributed by atoms with Gasteiger partial charge in [-0.05, 0) is 25.1 Å². The number of hydrogen-bond donors (Lipinski definition) is 1. The largest absolute Gasteiger partial charge is 0.494 e. The summed E-state index contributed by atoms with van der Waals surface area (Å²) in [4.78, 5) is 0. The minimum atomic E-state index is 0.443. The number of aromatic nitrogens is 2. The van der Waals surface area contributed by atoms with Gasteiger partial charge in [0.2, 0.25) is 11.8 Å². The topological polar surface area (TPSA) is 48.2 Å². The minimum Gasteiger partial charge on any atom is -0.494 e. The quantitative estimate of drug-likeness (QED) is 0.829. The Morgan fingerprint density at radius 2 is 2.25 bits per heavy atom. The highest BCUT2D eigenvalue weighted by Crippen LogP contribution is 2.23. The first-order valence-electron chi connectivity index (χ1n) is 5.00. The van der Waals surface area contributed by atoms with Crippen molar-refractivity contribution in [1.82, 2.24) is 10.2 Å². The molecule has 2 rings (SSSR count). The molecule has 84 valence electrons. The fourth-order valence-corrected chi connectivity index (χ4v) is 1.45. The van der Waals surface area contributed by atoms with Crippen molar-refractivity contribution >= 4 is 12.6 Å². The van der Waals surface area contributed by atoms with Crippen molar-refractivity contribution < 1.29 is 9.15 Å². The van der Waals surface area contributed by atoms with Crippen LogP contribution in [-0.4, -0.2) is 16.8 Å². The molecule has 1 heterocycles. The summed E-state index contributed by atoms with van der Waals surface area (Å²) < 4.78 is 10.8. The monoisotopic (exact) mass is 236 g/mol. The van der Waals surface area contributed by atoms with Gasteiger partial charge in [0.05, 0.1) is 12.4 Å². The first kappa shape index (κ1) is 11.0. The lowest BCUT2D eigenvalue weighted by Crippen LogP contribution is -1.91. The van der Waals surface area contributed by atoms with Gasteiger partial charge in [-0.25, -0.2) is 0 Å². The number of benzene rings is 1. The van der Waals surface area contributed by atoms with Gasteiger partial charge in [-0.15, -0.1) is 10.2 Å². The Bertz CT molecular complexity index is 471. The number of thiol groups is 1. The lowest BCUT2D eigenvalue weighted by molar-refractivity contribution is 0.340. The summed E-state index contributed by atoms with van der Waals surface area (Å²) in [6, 6.07) is 7.56. The molecule has 0 amide bonds. The van der Waals surface area contributed by atoms with Crippen LogP contribution in [0.2, 0.25) is 0 Å². The molecule has 0 spiro atoms. The number of hydrogen-bond acceptors (Lipinski definition) is 5. The average Bonchev–Trinajstić information content (AvgIpc) is 2.78. The van der Waals surface area contributed by atoms with E-state index in [0.717, 1.165) is 11.3 Å². The molecule has 0 N–H and O–H groups in total. The van der Waals surface area contributed by atoms with Gasteiger partial charge in [-0.2, -0.15) is 12.6 Å². The van der Waals surface area contributed by atoms with Crippen LogP contribution in [0.25, 0.3) is 11.5 Å². The minimum absolute atomic E-state index is 0.443. The van der Waals surface area contributed by atoms with Gasteiger partial charge in [0.25, 0.3) is 0 Å². The van der Waals surface area contributed by atoms with E-state index in [1.54, 1.807) is 0 Å². The second-order valence-corrected chi connectivity index (χ2v) is 3.44. The van der Waals surface area contributed by atoms with Crippen LogP contribution in [0, 0.1) is 0 Å². The third-order valence-electron chi connectivity index (χ3n) is 1.99. The molecule has 0 bridgehead atoms. The SMILES string of the molecule is CCOc1cccc(-c2nnc(CS)o2)c1. The fourth-order valence-electron chi connectivity index (χ4n) is 1.32. The molecular weight excluding hydrogens is 224 g/mol. The van der Waals surface area contributed by atoms with E-state index in [-0.39, 0.29) is 0 Å². The summed E-state index contributed by atoms with van der Waals surface area (Å²) in [7, 11) is 0. The van der Waals surface area contributed by atoms with Crippen LogP contribution in [0.4, 0.5) is 0 Å². The second kappa shape index (κ2) is 5.03. The van der Waals surface area contributed by atoms with Crippen LogP contribution in [0.15, 0.2) is 28.7 Å². The highest BCUT2D eigenvalue weighted by Gasteiger charge is 2.07. The third kappa shape index (κ3) is 2.36. The van der Waals surface area contributed by atoms with Gasteiger partial charge in [0, 0.05) is 5.56 Å². The average molecular weight is 236 g/mol. The summed E-state index contributed by atoms with van der Waals surface area (Å²) in [5, 5.41) is 7.79. The Morgan fingerprint density at radius 1 is 1.38 bits per heavy atom. The van der Waals surface area contributed by atoms with E-state index in [0.29, 0.717) is 24.1 Å². The van der Waals surface area contributed by atoms with Gasteiger partial charge in [-0.3, -0.25) is 0 Å². The Labute approximate surface area is 99.1 Å². The maximum atomic E-state index is 5.40. The standard InChI is InChI=1S/C11H12N2O2S/c1-2-14-9-5-3-4-8(6-9)11-13-12-10(7-16)15-11/h3-6,16H,2,7H2,1H3. The molecule has 1 aromatic heterocycles. The van der Waals surface area contributed by atoms with E-state index in [1.807, 2.05) is 31.2 Å². The molecule has 0 aliphatic rings. The van der Waals surface area contributed by atoms with Crippen molar-refractivity contribution in [3.8, 4) is 17.2 Å². The molecule has 0 atom stereocenters. The highest BCUT2D eigenvalue weighted by molar-refractivity contribution is 7.79. The van der Waals surface area contributed by atoms with Crippen LogP contribution < -0.4 is 4.74 Å². The van der Waals surface area contributed by atoms with Gasteiger partial charge in [0.15, 0.2) is 0 Å². The van der Waals surface area contributed by atoms with Crippen molar-refractivity contribution in [2.75, 3.05) is 6.61 Å². The molecule has 0 fully saturated rings. The van der Waals surface area contributed by atoms with E-state index in [1.165, 1.54) is 0 Å². The molecule has 16 heavy (non-hydrogen) atoms. The predicted octanol–water partition coefficient (Wildman–Crippen LogP) is 2.57. The van der Waals surface area contributed by atoms with E-state index in [4.69, 9.17) is 9.15 Å². The van der Waals surface area contributed by atoms with Crippen LogP contribution in [0.1, 0.15) is 12.8 Å². The molecule has 0 aliphatic heterocycles. The van der Waals surface area contributed by atoms with Crippen molar-refractivity contribution in [3.05, 3.63) is 30.2 Å². The van der Waals surface area contributed by atoms with E-state index in [2.05, 4.69) is 22.8 Å². The van der Waals surface area contributed by atoms with Crippen molar-refractivity contribution in [3.63, 3.8) is 0 Å². The number of nitrogens with zero attached hydrogens (tertiary/aromatic N) is 2. The Balaban J connectivity index is 2.28. The van der Waals surface area contributed by atoms with Gasteiger partial charge in [0.1, 0.15) is 5.75 Å². The first-order valence-corrected chi connectivity index (χ1v) is 5.63. The predicted molar refractivity (Wildman–Crippen MR) is 63.6 cm³/mol. The van der Waals surface area contributed by atoms with Crippen molar-refractivity contribution in [2.45, 2.75) is 12.7 Å². The summed E-state index contributed by atoms with van der Waals surface area (Å²) in [5.41, 5.74) is 0.853. The number of rotatable bonds is 4. The van der Waals surface area contributed by atoms with Crippen molar-refractivity contribution in [2.24, 2.45) is 0 Å². The van der Waals surface area contributed by atoms with E-state index >= 15 is 0 Å². The summed E-state index contributed by atoms with van der Waals surface area (Å²) in [5.74, 6) is 2.24. The highest BCUT2D eigenvalue weighted by atomic mass is 32.1. The van der Waals surface area contributed by atoms with E-state index in [9.17, 15) is 0 Å². The Morgan fingerprint density at radius 3 is 2.94 bits per heavy atom. The normalized spacial score (nSPS) is 10.4. The van der Waals surface area contributed by atoms with Crippen LogP contribution in [0.5, 0.6) is 5.75 Å². The molecule has 0 radical (unpaired) electrons. The molecule has 2 aromatic rings. The van der Waals surface area contributed by atoms with Crippen molar-refractivity contribution in [1.29, 1.82) is 0 Å². The summed E-state index contributed by atoms with van der Waals surface area (Å²) in [6.45, 7) is 2.58. The fraction of sp³-hybridized carbons (Fsp3) is 0.273. The lowest BCUT2D eigenvalue weighted by Gasteiger charge is -2.02. The Hall–Kier alpha value is -1.49. The first-order chi connectivity index (χ1) is 7.83. The zero-order chi connectivity index (χ0) is 11.4. The lowest BCUT2D eigenvalue weighted by atomic mass is 10.2. The maximum absolute atomic E-state index is 5.40. The van der Waals surface area contributed by atoms with Crippen LogP contribution >= 0.6 is 12.6 Å². The molecule has 0 unspecified atom stereocenters. The second-order valence-electron chi connectivity index (χ2n) is 3.12. The van der Waals surface area contributed by atoms with Crippen LogP contribution in [0.3, 0.4) is 0 Å². The summed E-state index contributed by atoms with van der Waals surface area (Å²) in [6.07, 6.45) is 0. The molecule has 4 nitrogen and oxygen atoms in total. The van der Waals surface area contributed by atoms with E-state index < -0.39 is 0 Å². The maximum Gasteiger partial charge on any atom is 0.247 e. The Kier molecular flexibility index (Phi) is 3.46. The van der Waals surface area contributed by atoms with Crippen LogP contribution in [-0.2, 0) is 5.75 Å². The molecular formula is C11H12N2O2S. The van der Waals surface area contributed by atoms with Gasteiger partial charge < -0.3 is 9.15 Å². The third-order valence-corrected chi connectivity index (χ3v) is 2.26. The zero-order valence-electron chi connectivity index (χ0n) is 8.88. The molecule has 1 aromatic carbocycles. The molecule has 0 saturated carbocycles. The summed E-state index contributed by atoms with van der Waals surface area (Å²) >= 11 is 4.07. The van der Waals surface area contributed by atoms with Gasteiger partial charge >= 0.3 is 0 Å².